The van der Waals surface area contributed by atoms with E-state index in [1.165, 1.54) is 12.1 Å². The molecule has 0 aromatic heterocycles. The van der Waals surface area contributed by atoms with Gasteiger partial charge >= 0.3 is 5.69 Å². The molecular weight excluding hydrogens is 332 g/mol. The van der Waals surface area contributed by atoms with E-state index in [4.69, 9.17) is 4.74 Å². The summed E-state index contributed by atoms with van der Waals surface area (Å²) < 4.78 is 4.73. The van der Waals surface area contributed by atoms with E-state index in [1.807, 2.05) is 0 Å². The second kappa shape index (κ2) is 7.21. The summed E-state index contributed by atoms with van der Waals surface area (Å²) in [6, 6.07) is 8.88. The van der Waals surface area contributed by atoms with E-state index in [0.717, 1.165) is 25.3 Å². The molecule has 0 atom stereocenters. The van der Waals surface area contributed by atoms with Crippen molar-refractivity contribution < 1.29 is 24.5 Å². The molecule has 0 saturated heterocycles. The first-order valence-electron chi connectivity index (χ1n) is 6.87. The van der Waals surface area contributed by atoms with E-state index in [1.54, 1.807) is 18.2 Å². The van der Waals surface area contributed by atoms with Crippen molar-refractivity contribution in [2.45, 2.75) is 0 Å². The number of ether oxygens (including phenoxy) is 1. The lowest BCUT2D eigenvalue weighted by atomic mass is 10.1. The monoisotopic (exact) mass is 344 g/mol. The molecule has 0 aliphatic carbocycles. The van der Waals surface area contributed by atoms with Crippen LogP contribution in [0.5, 0.6) is 11.5 Å². The molecule has 0 bridgehead atoms. The number of carbonyl (C=O) groups is 1. The fourth-order valence-electron chi connectivity index (χ4n) is 2.15. The Morgan fingerprint density at radius 1 is 1.16 bits per heavy atom. The quantitative estimate of drug-likeness (QED) is 0.368. The predicted molar refractivity (Wildman–Crippen MR) is 87.8 cm³/mol. The Bertz CT molecular complexity index is 876. The van der Waals surface area contributed by atoms with Crippen LogP contribution in [0.1, 0.15) is 15.9 Å². The summed E-state index contributed by atoms with van der Waals surface area (Å²) in [5, 5.41) is 32.4. The van der Waals surface area contributed by atoms with Gasteiger partial charge in [-0.15, -0.1) is 0 Å². The Labute approximate surface area is 141 Å². The number of rotatable bonds is 6. The number of phenolic OH excluding ortho intramolecular Hbond substituents is 1. The molecule has 0 heterocycles. The van der Waals surface area contributed by atoms with Gasteiger partial charge in [0.2, 0.25) is 5.75 Å². The van der Waals surface area contributed by atoms with Gasteiger partial charge < -0.3 is 9.84 Å². The smallest absolute Gasteiger partial charge is 0.328 e. The summed E-state index contributed by atoms with van der Waals surface area (Å²) in [5.74, 6) is -1.77. The van der Waals surface area contributed by atoms with Crippen LogP contribution < -0.4 is 4.74 Å². The molecule has 0 spiro atoms. The Balaban J connectivity index is 2.61. The normalized spacial score (nSPS) is 10.6. The molecule has 0 saturated carbocycles. The minimum Gasteiger partial charge on any atom is -0.499 e. The number of benzene rings is 2. The molecule has 0 aliphatic heterocycles. The molecule has 2 aromatic rings. The van der Waals surface area contributed by atoms with Gasteiger partial charge in [-0.05, 0) is 12.2 Å². The summed E-state index contributed by atoms with van der Waals surface area (Å²) in [6.45, 7) is 0. The molecule has 0 fully saturated rings. The topological polar surface area (TPSA) is 133 Å². The van der Waals surface area contributed by atoms with Crippen molar-refractivity contribution in [3.8, 4) is 11.5 Å². The minimum absolute atomic E-state index is 0.307. The van der Waals surface area contributed by atoms with E-state index >= 15 is 0 Å². The maximum absolute atomic E-state index is 12.1. The predicted octanol–water partition coefficient (Wildman–Crippen LogP) is 3.11. The maximum Gasteiger partial charge on any atom is 0.328 e. The zero-order chi connectivity index (χ0) is 18.6. The number of hydrogen-bond donors (Lipinski definition) is 1. The summed E-state index contributed by atoms with van der Waals surface area (Å²) in [4.78, 5) is 32.7. The van der Waals surface area contributed by atoms with Gasteiger partial charge in [0.25, 0.3) is 5.69 Å². The molecule has 25 heavy (non-hydrogen) atoms. The van der Waals surface area contributed by atoms with Gasteiger partial charge in [-0.1, -0.05) is 30.3 Å². The average molecular weight is 344 g/mol. The summed E-state index contributed by atoms with van der Waals surface area (Å²) in [7, 11) is 1.11. The van der Waals surface area contributed by atoms with Gasteiger partial charge in [-0.2, -0.15) is 0 Å². The van der Waals surface area contributed by atoms with Crippen LogP contribution in [0.4, 0.5) is 11.4 Å². The summed E-state index contributed by atoms with van der Waals surface area (Å²) in [5.41, 5.74) is -1.78. The van der Waals surface area contributed by atoms with Gasteiger partial charge in [0.15, 0.2) is 11.5 Å². The van der Waals surface area contributed by atoms with Crippen LogP contribution in [0.3, 0.4) is 0 Å². The molecule has 128 valence electrons. The third-order valence-electron chi connectivity index (χ3n) is 3.32. The molecule has 0 amide bonds. The highest BCUT2D eigenvalue weighted by molar-refractivity contribution is 6.07. The van der Waals surface area contributed by atoms with Crippen LogP contribution in [0.2, 0.25) is 0 Å². The molecule has 1 N–H and O–H groups in total. The van der Waals surface area contributed by atoms with Crippen LogP contribution in [0, 0.1) is 20.2 Å². The molecule has 0 aliphatic rings. The number of hydrogen-bond acceptors (Lipinski definition) is 7. The number of phenols is 1. The molecule has 0 unspecified atom stereocenters. The fraction of sp³-hybridized carbons (Fsp3) is 0.0625. The van der Waals surface area contributed by atoms with E-state index in [9.17, 15) is 30.1 Å². The molecule has 9 nitrogen and oxygen atoms in total. The Kier molecular flexibility index (Phi) is 5.08. The van der Waals surface area contributed by atoms with Crippen LogP contribution in [-0.2, 0) is 0 Å². The first-order valence-corrected chi connectivity index (χ1v) is 6.87. The molecule has 9 heteroatoms. The lowest BCUT2D eigenvalue weighted by Crippen LogP contribution is -2.01. The molecule has 2 rings (SSSR count). The van der Waals surface area contributed by atoms with Gasteiger partial charge in [-0.25, -0.2) is 0 Å². The standard InChI is InChI=1S/C16H12N2O7/c1-25-14-9-12(17(21)22)11(15(16(14)20)18(23)24)7-8-13(19)10-5-3-2-4-6-10/h2-9,20H,1H3/b8-7+. The van der Waals surface area contributed by atoms with Crippen molar-refractivity contribution in [2.75, 3.05) is 7.11 Å². The Hall–Kier alpha value is -3.75. The Morgan fingerprint density at radius 3 is 2.32 bits per heavy atom. The second-order valence-electron chi connectivity index (χ2n) is 4.79. The van der Waals surface area contributed by atoms with Crippen LogP contribution in [0.15, 0.2) is 42.5 Å². The highest BCUT2D eigenvalue weighted by atomic mass is 16.6. The number of allylic oxidation sites excluding steroid dienone is 1. The number of nitro benzene ring substituents is 2. The number of aromatic hydroxyl groups is 1. The van der Waals surface area contributed by atoms with E-state index in [-0.39, 0.29) is 0 Å². The first kappa shape index (κ1) is 17.6. The number of ketones is 1. The van der Waals surface area contributed by atoms with Crippen molar-refractivity contribution >= 4 is 23.2 Å². The summed E-state index contributed by atoms with van der Waals surface area (Å²) in [6.07, 6.45) is 1.90. The fourth-order valence-corrected chi connectivity index (χ4v) is 2.15. The van der Waals surface area contributed by atoms with Crippen molar-refractivity contribution in [3.63, 3.8) is 0 Å². The lowest BCUT2D eigenvalue weighted by Gasteiger charge is -2.07. The molecule has 0 radical (unpaired) electrons. The van der Waals surface area contributed by atoms with E-state index < -0.39 is 44.1 Å². The largest absolute Gasteiger partial charge is 0.499 e. The van der Waals surface area contributed by atoms with Gasteiger partial charge in [0.05, 0.1) is 23.0 Å². The lowest BCUT2D eigenvalue weighted by molar-refractivity contribution is -0.395. The average Bonchev–Trinajstić information content (AvgIpc) is 2.59. The number of nitro groups is 2. The third kappa shape index (κ3) is 3.61. The third-order valence-corrected chi connectivity index (χ3v) is 3.32. The zero-order valence-corrected chi connectivity index (χ0v) is 12.9. The van der Waals surface area contributed by atoms with Crippen LogP contribution in [0.25, 0.3) is 6.08 Å². The highest BCUT2D eigenvalue weighted by Gasteiger charge is 2.31. The first-order chi connectivity index (χ1) is 11.9. The van der Waals surface area contributed by atoms with Crippen molar-refractivity contribution in [1.82, 2.24) is 0 Å². The summed E-state index contributed by atoms with van der Waals surface area (Å²) >= 11 is 0. The maximum atomic E-state index is 12.1. The SMILES string of the molecule is COc1cc([N+](=O)[O-])c(/C=C/C(=O)c2ccccc2)c([N+](=O)[O-])c1O. The van der Waals surface area contributed by atoms with E-state index in [0.29, 0.717) is 5.56 Å². The number of nitrogens with zero attached hydrogens (tertiary/aromatic N) is 2. The minimum atomic E-state index is -0.975. The van der Waals surface area contributed by atoms with Gasteiger partial charge in [-0.3, -0.25) is 25.0 Å². The molecule has 2 aromatic carbocycles. The van der Waals surface area contributed by atoms with Gasteiger partial charge in [0, 0.05) is 5.56 Å². The van der Waals surface area contributed by atoms with Gasteiger partial charge in [0.1, 0.15) is 5.56 Å². The van der Waals surface area contributed by atoms with Crippen LogP contribution in [-0.4, -0.2) is 27.8 Å². The number of methoxy groups -OCH3 is 1. The Morgan fingerprint density at radius 2 is 1.80 bits per heavy atom. The zero-order valence-electron chi connectivity index (χ0n) is 12.9. The van der Waals surface area contributed by atoms with Crippen LogP contribution >= 0.6 is 0 Å². The highest BCUT2D eigenvalue weighted by Crippen LogP contribution is 2.44. The number of carbonyl (C=O) groups excluding carboxylic acids is 1. The van der Waals surface area contributed by atoms with E-state index in [2.05, 4.69) is 0 Å². The van der Waals surface area contributed by atoms with Crippen molar-refractivity contribution in [2.24, 2.45) is 0 Å². The van der Waals surface area contributed by atoms with Crippen molar-refractivity contribution in [3.05, 3.63) is 73.8 Å². The second-order valence-corrected chi connectivity index (χ2v) is 4.79. The van der Waals surface area contributed by atoms with Crippen molar-refractivity contribution in [1.29, 1.82) is 0 Å². The molecular formula is C16H12N2O7.